The van der Waals surface area contributed by atoms with Gasteiger partial charge in [-0.1, -0.05) is 11.6 Å². The second-order valence-electron chi connectivity index (χ2n) is 4.55. The van der Waals surface area contributed by atoms with Gasteiger partial charge in [0.25, 0.3) is 10.0 Å². The standard InChI is InChI=1S/C11H13ClN2O5S2/c12-8-1-2-10(20-8)21(18,19)13-5-9(15)14-4-3-7(6-14)11(16)17/h1-2,7,13H,3-6H2,(H,16,17). The summed E-state index contributed by atoms with van der Waals surface area (Å²) >= 11 is 6.57. The zero-order valence-electron chi connectivity index (χ0n) is 10.8. The van der Waals surface area contributed by atoms with E-state index in [2.05, 4.69) is 4.72 Å². The number of halogens is 1. The lowest BCUT2D eigenvalue weighted by Gasteiger charge is -2.15. The normalized spacial score (nSPS) is 18.9. The van der Waals surface area contributed by atoms with Crippen LogP contribution in [-0.2, 0) is 19.6 Å². The summed E-state index contributed by atoms with van der Waals surface area (Å²) in [6.07, 6.45) is 0.383. The van der Waals surface area contributed by atoms with Crippen LogP contribution in [0.25, 0.3) is 0 Å². The summed E-state index contributed by atoms with van der Waals surface area (Å²) < 4.78 is 26.4. The minimum atomic E-state index is -3.77. The molecule has 21 heavy (non-hydrogen) atoms. The Labute approximate surface area is 130 Å². The van der Waals surface area contributed by atoms with Gasteiger partial charge in [-0.15, -0.1) is 11.3 Å². The molecule has 0 aliphatic carbocycles. The van der Waals surface area contributed by atoms with Gasteiger partial charge in [0.15, 0.2) is 0 Å². The maximum Gasteiger partial charge on any atom is 0.308 e. The Balaban J connectivity index is 1.91. The van der Waals surface area contributed by atoms with Crippen LogP contribution in [0.3, 0.4) is 0 Å². The second kappa shape index (κ2) is 6.30. The lowest BCUT2D eigenvalue weighted by Crippen LogP contribution is -2.39. The third-order valence-electron chi connectivity index (χ3n) is 3.12. The molecule has 7 nitrogen and oxygen atoms in total. The van der Waals surface area contributed by atoms with E-state index in [0.29, 0.717) is 17.3 Å². The molecule has 1 amide bonds. The summed E-state index contributed by atoms with van der Waals surface area (Å²) in [7, 11) is -3.77. The first-order valence-electron chi connectivity index (χ1n) is 6.05. The Morgan fingerprint density at radius 3 is 2.71 bits per heavy atom. The van der Waals surface area contributed by atoms with E-state index in [1.54, 1.807) is 0 Å². The molecular weight excluding hydrogens is 340 g/mol. The Hall–Kier alpha value is -1.16. The van der Waals surface area contributed by atoms with E-state index in [-0.39, 0.29) is 10.8 Å². The van der Waals surface area contributed by atoms with E-state index in [9.17, 15) is 18.0 Å². The van der Waals surface area contributed by atoms with Crippen molar-refractivity contribution >= 4 is 44.8 Å². The lowest BCUT2D eigenvalue weighted by molar-refractivity contribution is -0.141. The maximum absolute atomic E-state index is 11.9. The van der Waals surface area contributed by atoms with Crippen LogP contribution in [0.15, 0.2) is 16.3 Å². The molecule has 2 N–H and O–H groups in total. The number of nitrogens with zero attached hydrogens (tertiary/aromatic N) is 1. The number of carbonyl (C=O) groups excluding carboxylic acids is 1. The number of carbonyl (C=O) groups is 2. The predicted octanol–water partition coefficient (Wildman–Crippen LogP) is 0.613. The molecule has 1 aliphatic rings. The van der Waals surface area contributed by atoms with Gasteiger partial charge in [-0.3, -0.25) is 9.59 Å². The first-order chi connectivity index (χ1) is 9.79. The highest BCUT2D eigenvalue weighted by Gasteiger charge is 2.31. The molecule has 0 aromatic carbocycles. The second-order valence-corrected chi connectivity index (χ2v) is 8.26. The summed E-state index contributed by atoms with van der Waals surface area (Å²) in [4.78, 5) is 24.0. The Bertz CT molecular complexity index is 657. The number of thiophene rings is 1. The van der Waals surface area contributed by atoms with Crippen LogP contribution >= 0.6 is 22.9 Å². The minimum Gasteiger partial charge on any atom is -0.481 e. The topological polar surface area (TPSA) is 104 Å². The highest BCUT2D eigenvalue weighted by Crippen LogP contribution is 2.25. The number of aliphatic carboxylic acids is 1. The van der Waals surface area contributed by atoms with Crippen molar-refractivity contribution in [1.82, 2.24) is 9.62 Å². The van der Waals surface area contributed by atoms with Gasteiger partial charge in [-0.2, -0.15) is 0 Å². The van der Waals surface area contributed by atoms with Crippen LogP contribution in [0, 0.1) is 5.92 Å². The largest absolute Gasteiger partial charge is 0.481 e. The van der Waals surface area contributed by atoms with Crippen molar-refractivity contribution < 1.29 is 23.1 Å². The van der Waals surface area contributed by atoms with Gasteiger partial charge in [0.1, 0.15) is 4.21 Å². The van der Waals surface area contributed by atoms with E-state index >= 15 is 0 Å². The summed E-state index contributed by atoms with van der Waals surface area (Å²) in [5, 5.41) is 8.86. The molecule has 1 aromatic rings. The molecule has 1 saturated heterocycles. The number of sulfonamides is 1. The Kier molecular flexibility index (Phi) is 4.87. The average molecular weight is 353 g/mol. The first kappa shape index (κ1) is 16.2. The van der Waals surface area contributed by atoms with E-state index < -0.39 is 34.4 Å². The molecule has 2 rings (SSSR count). The molecule has 2 heterocycles. The number of hydrogen-bond acceptors (Lipinski definition) is 5. The number of nitrogens with one attached hydrogen (secondary N) is 1. The van der Waals surface area contributed by atoms with E-state index in [1.165, 1.54) is 17.0 Å². The van der Waals surface area contributed by atoms with Gasteiger partial charge in [0.2, 0.25) is 5.91 Å². The molecule has 1 aliphatic heterocycles. The molecule has 1 atom stereocenters. The molecule has 116 valence electrons. The number of amides is 1. The molecule has 1 fully saturated rings. The van der Waals surface area contributed by atoms with Crippen LogP contribution in [0.2, 0.25) is 4.34 Å². The third kappa shape index (κ3) is 3.94. The highest BCUT2D eigenvalue weighted by molar-refractivity contribution is 7.91. The number of carboxylic acid groups (broad SMARTS) is 1. The van der Waals surface area contributed by atoms with Gasteiger partial charge < -0.3 is 10.0 Å². The molecular formula is C11H13ClN2O5S2. The molecule has 10 heteroatoms. The van der Waals surface area contributed by atoms with E-state index in [4.69, 9.17) is 16.7 Å². The Morgan fingerprint density at radius 1 is 1.48 bits per heavy atom. The van der Waals surface area contributed by atoms with Crippen molar-refractivity contribution in [2.45, 2.75) is 10.6 Å². The van der Waals surface area contributed by atoms with Gasteiger partial charge in [0, 0.05) is 13.1 Å². The fourth-order valence-corrected chi connectivity index (χ4v) is 4.47. The Morgan fingerprint density at radius 2 is 2.19 bits per heavy atom. The smallest absolute Gasteiger partial charge is 0.308 e. The highest BCUT2D eigenvalue weighted by atomic mass is 35.5. The van der Waals surface area contributed by atoms with Gasteiger partial charge in [-0.25, -0.2) is 13.1 Å². The molecule has 0 saturated carbocycles. The van der Waals surface area contributed by atoms with Crippen molar-refractivity contribution in [2.75, 3.05) is 19.6 Å². The van der Waals surface area contributed by atoms with Gasteiger partial charge in [0.05, 0.1) is 16.8 Å². The van der Waals surface area contributed by atoms with Crippen molar-refractivity contribution in [2.24, 2.45) is 5.92 Å². The molecule has 0 spiro atoms. The quantitative estimate of drug-likeness (QED) is 0.808. The van der Waals surface area contributed by atoms with Crippen molar-refractivity contribution in [3.8, 4) is 0 Å². The van der Waals surface area contributed by atoms with Gasteiger partial charge in [-0.05, 0) is 18.6 Å². The minimum absolute atomic E-state index is 0.0325. The van der Waals surface area contributed by atoms with Crippen LogP contribution in [0.5, 0.6) is 0 Å². The molecule has 1 unspecified atom stereocenters. The monoisotopic (exact) mass is 352 g/mol. The number of rotatable bonds is 5. The number of carboxylic acids is 1. The van der Waals surface area contributed by atoms with Crippen molar-refractivity contribution in [3.05, 3.63) is 16.5 Å². The van der Waals surface area contributed by atoms with Crippen LogP contribution in [-0.4, -0.2) is 49.9 Å². The zero-order valence-corrected chi connectivity index (χ0v) is 13.2. The van der Waals surface area contributed by atoms with Crippen molar-refractivity contribution in [1.29, 1.82) is 0 Å². The van der Waals surface area contributed by atoms with E-state index in [1.807, 2.05) is 0 Å². The third-order valence-corrected chi connectivity index (χ3v) is 6.24. The number of likely N-dealkylation sites (tertiary alicyclic amines) is 1. The summed E-state index contributed by atoms with van der Waals surface area (Å²) in [5.74, 6) is -1.97. The summed E-state index contributed by atoms with van der Waals surface area (Å²) in [6, 6.07) is 2.82. The van der Waals surface area contributed by atoms with E-state index in [0.717, 1.165) is 11.3 Å². The van der Waals surface area contributed by atoms with Crippen LogP contribution < -0.4 is 4.72 Å². The number of hydrogen-bond donors (Lipinski definition) is 2. The first-order valence-corrected chi connectivity index (χ1v) is 8.73. The summed E-state index contributed by atoms with van der Waals surface area (Å²) in [5.41, 5.74) is 0. The molecule has 0 bridgehead atoms. The van der Waals surface area contributed by atoms with Crippen LogP contribution in [0.4, 0.5) is 0 Å². The van der Waals surface area contributed by atoms with Crippen LogP contribution in [0.1, 0.15) is 6.42 Å². The molecule has 1 aromatic heterocycles. The van der Waals surface area contributed by atoms with Gasteiger partial charge >= 0.3 is 5.97 Å². The fraction of sp³-hybridized carbons (Fsp3) is 0.455. The van der Waals surface area contributed by atoms with Crippen molar-refractivity contribution in [3.63, 3.8) is 0 Å². The molecule has 0 radical (unpaired) electrons. The average Bonchev–Trinajstić information content (AvgIpc) is 3.04. The predicted molar refractivity (Wildman–Crippen MR) is 76.8 cm³/mol. The zero-order chi connectivity index (χ0) is 15.6. The maximum atomic E-state index is 11.9. The summed E-state index contributed by atoms with van der Waals surface area (Å²) in [6.45, 7) is 0.0350. The lowest BCUT2D eigenvalue weighted by atomic mass is 10.1. The fourth-order valence-electron chi connectivity index (χ4n) is 1.97. The SMILES string of the molecule is O=C(O)C1CCN(C(=O)CNS(=O)(=O)c2ccc(Cl)s2)C1.